The molecule has 0 saturated heterocycles. The first-order valence-corrected chi connectivity index (χ1v) is 6.68. The fourth-order valence-corrected chi connectivity index (χ4v) is 2.31. The average Bonchev–Trinajstić information content (AvgIpc) is 2.73. The van der Waals surface area contributed by atoms with Gasteiger partial charge < -0.3 is 9.84 Å². The first-order valence-electron chi connectivity index (χ1n) is 6.30. The molecule has 1 aliphatic heterocycles. The first-order chi connectivity index (χ1) is 10.1. The third-order valence-electron chi connectivity index (χ3n) is 3.34. The standard InChI is InChI=1S/C15H11ClN2O3/c1-9-13(15(20)21-14(9)19)18-7-6-12(17-8-18)10-2-4-11(16)5-3-10/h2-8,13H,1H3/p+1. The molecule has 2 aromatic rings. The normalized spacial score (nSPS) is 18.0. The highest BCUT2D eigenvalue weighted by molar-refractivity contribution is 6.30. The molecule has 1 N–H and O–H groups in total. The SMILES string of the molecule is CC1=C(O)OC(=O)C1[n+]1ccc(-c2ccc(Cl)cc2)nc1. The van der Waals surface area contributed by atoms with E-state index in [2.05, 4.69) is 4.98 Å². The van der Waals surface area contributed by atoms with Crippen LogP contribution in [0.4, 0.5) is 0 Å². The number of aliphatic hydroxyl groups excluding tert-OH is 1. The number of halogens is 1. The van der Waals surface area contributed by atoms with Gasteiger partial charge in [0.2, 0.25) is 6.04 Å². The molecule has 0 aliphatic carbocycles. The number of rotatable bonds is 2. The van der Waals surface area contributed by atoms with E-state index in [1.165, 1.54) is 6.33 Å². The molecule has 0 spiro atoms. The highest BCUT2D eigenvalue weighted by Gasteiger charge is 2.38. The summed E-state index contributed by atoms with van der Waals surface area (Å²) < 4.78 is 6.30. The van der Waals surface area contributed by atoms with E-state index in [9.17, 15) is 9.90 Å². The van der Waals surface area contributed by atoms with Gasteiger partial charge in [0.25, 0.3) is 12.3 Å². The summed E-state index contributed by atoms with van der Waals surface area (Å²) in [6.45, 7) is 1.64. The number of hydrogen-bond donors (Lipinski definition) is 1. The number of aliphatic hydroxyl groups is 1. The molecular formula is C15H12ClN2O3+. The minimum absolute atomic E-state index is 0.334. The minimum Gasteiger partial charge on any atom is -0.481 e. The number of aromatic nitrogens is 2. The van der Waals surface area contributed by atoms with Crippen LogP contribution in [0.1, 0.15) is 13.0 Å². The van der Waals surface area contributed by atoms with Crippen molar-refractivity contribution in [2.75, 3.05) is 0 Å². The zero-order chi connectivity index (χ0) is 15.0. The Morgan fingerprint density at radius 2 is 2.00 bits per heavy atom. The topological polar surface area (TPSA) is 63.3 Å². The Bertz CT molecular complexity index is 724. The molecule has 1 atom stereocenters. The summed E-state index contributed by atoms with van der Waals surface area (Å²) >= 11 is 5.85. The Balaban J connectivity index is 1.91. The van der Waals surface area contributed by atoms with Crippen LogP contribution in [0, 0.1) is 0 Å². The largest absolute Gasteiger partial charge is 0.481 e. The predicted octanol–water partition coefficient (Wildman–Crippen LogP) is 2.58. The number of carbonyl (C=O) groups excluding carboxylic acids is 1. The second-order valence-corrected chi connectivity index (χ2v) is 5.15. The zero-order valence-electron chi connectivity index (χ0n) is 11.2. The van der Waals surface area contributed by atoms with Crippen molar-refractivity contribution in [3.8, 4) is 11.3 Å². The van der Waals surface area contributed by atoms with Crippen LogP contribution >= 0.6 is 11.6 Å². The summed E-state index contributed by atoms with van der Waals surface area (Å²) in [5, 5.41) is 10.1. The molecule has 1 aromatic carbocycles. The zero-order valence-corrected chi connectivity index (χ0v) is 11.9. The molecular weight excluding hydrogens is 292 g/mol. The molecule has 106 valence electrons. The number of esters is 1. The third-order valence-corrected chi connectivity index (χ3v) is 3.59. The number of nitrogens with zero attached hydrogens (tertiary/aromatic N) is 2. The van der Waals surface area contributed by atoms with Crippen LogP contribution in [0.5, 0.6) is 0 Å². The summed E-state index contributed by atoms with van der Waals surface area (Å²) in [5.41, 5.74) is 2.15. The summed E-state index contributed by atoms with van der Waals surface area (Å²) in [6, 6.07) is 8.44. The lowest BCUT2D eigenvalue weighted by Crippen LogP contribution is -2.43. The fraction of sp³-hybridized carbons (Fsp3) is 0.133. The van der Waals surface area contributed by atoms with Gasteiger partial charge >= 0.3 is 5.97 Å². The van der Waals surface area contributed by atoms with Crippen molar-refractivity contribution in [1.82, 2.24) is 4.98 Å². The minimum atomic E-state index is -0.670. The maximum absolute atomic E-state index is 11.7. The molecule has 1 aromatic heterocycles. The van der Waals surface area contributed by atoms with Gasteiger partial charge in [0.05, 0.1) is 11.8 Å². The maximum Gasteiger partial charge on any atom is 0.364 e. The Labute approximate surface area is 126 Å². The fourth-order valence-electron chi connectivity index (χ4n) is 2.18. The third kappa shape index (κ3) is 2.48. The van der Waals surface area contributed by atoms with Crippen molar-refractivity contribution < 1.29 is 19.2 Å². The molecule has 3 rings (SSSR count). The summed E-state index contributed by atoms with van der Waals surface area (Å²) in [4.78, 5) is 16.0. The summed E-state index contributed by atoms with van der Waals surface area (Å²) in [5.74, 6) is -0.852. The van der Waals surface area contributed by atoms with Gasteiger partial charge in [-0.25, -0.2) is 9.36 Å². The van der Waals surface area contributed by atoms with Crippen molar-refractivity contribution in [2.45, 2.75) is 13.0 Å². The highest BCUT2D eigenvalue weighted by atomic mass is 35.5. The van der Waals surface area contributed by atoms with Gasteiger partial charge in [0.1, 0.15) is 0 Å². The van der Waals surface area contributed by atoms with E-state index in [1.54, 1.807) is 35.9 Å². The van der Waals surface area contributed by atoms with E-state index < -0.39 is 12.0 Å². The quantitative estimate of drug-likeness (QED) is 0.684. The first kappa shape index (κ1) is 13.6. The second-order valence-electron chi connectivity index (χ2n) is 4.71. The monoisotopic (exact) mass is 303 g/mol. The molecule has 1 unspecified atom stereocenters. The van der Waals surface area contributed by atoms with E-state index in [-0.39, 0.29) is 5.95 Å². The number of benzene rings is 1. The summed E-state index contributed by atoms with van der Waals surface area (Å²) in [6.07, 6.45) is 3.27. The van der Waals surface area contributed by atoms with Gasteiger partial charge in [-0.2, -0.15) is 0 Å². The van der Waals surface area contributed by atoms with Crippen molar-refractivity contribution in [3.63, 3.8) is 0 Å². The number of ether oxygens (including phenoxy) is 1. The molecule has 2 heterocycles. The maximum atomic E-state index is 11.7. The summed E-state index contributed by atoms with van der Waals surface area (Å²) in [7, 11) is 0. The van der Waals surface area contributed by atoms with Gasteiger partial charge in [-0.15, -0.1) is 0 Å². The van der Waals surface area contributed by atoms with E-state index in [0.29, 0.717) is 10.6 Å². The molecule has 5 nitrogen and oxygen atoms in total. The molecule has 0 bridgehead atoms. The van der Waals surface area contributed by atoms with Crippen molar-refractivity contribution in [1.29, 1.82) is 0 Å². The predicted molar refractivity (Wildman–Crippen MR) is 75.3 cm³/mol. The van der Waals surface area contributed by atoms with Crippen LogP contribution in [0.2, 0.25) is 5.02 Å². The molecule has 6 heteroatoms. The molecule has 0 radical (unpaired) electrons. The molecule has 21 heavy (non-hydrogen) atoms. The molecule has 1 aliphatic rings. The highest BCUT2D eigenvalue weighted by Crippen LogP contribution is 2.25. The van der Waals surface area contributed by atoms with Gasteiger partial charge in [-0.1, -0.05) is 11.6 Å². The van der Waals surface area contributed by atoms with Crippen molar-refractivity contribution >= 4 is 17.6 Å². The van der Waals surface area contributed by atoms with Gasteiger partial charge in [0, 0.05) is 16.7 Å². The van der Waals surface area contributed by atoms with Gasteiger partial charge in [0.15, 0.2) is 5.69 Å². The van der Waals surface area contributed by atoms with Gasteiger partial charge in [-0.05, 0) is 36.2 Å². The van der Waals surface area contributed by atoms with Crippen molar-refractivity contribution in [2.24, 2.45) is 0 Å². The van der Waals surface area contributed by atoms with Crippen LogP contribution in [0.15, 0.2) is 54.4 Å². The van der Waals surface area contributed by atoms with Crippen LogP contribution in [0.3, 0.4) is 0 Å². The lowest BCUT2D eigenvalue weighted by atomic mass is 10.1. The van der Waals surface area contributed by atoms with Crippen molar-refractivity contribution in [3.05, 3.63) is 59.4 Å². The van der Waals surface area contributed by atoms with Gasteiger partial charge in [-0.3, -0.25) is 0 Å². The molecule has 0 amide bonds. The van der Waals surface area contributed by atoms with Crippen LogP contribution in [0.25, 0.3) is 11.3 Å². The van der Waals surface area contributed by atoms with Crippen LogP contribution in [-0.4, -0.2) is 16.1 Å². The van der Waals surface area contributed by atoms with E-state index in [1.807, 2.05) is 12.1 Å². The van der Waals surface area contributed by atoms with E-state index in [0.717, 1.165) is 11.3 Å². The number of hydrogen-bond acceptors (Lipinski definition) is 4. The van der Waals surface area contributed by atoms with Crippen LogP contribution < -0.4 is 4.57 Å². The lowest BCUT2D eigenvalue weighted by molar-refractivity contribution is -0.704. The van der Waals surface area contributed by atoms with E-state index in [4.69, 9.17) is 16.3 Å². The number of cyclic esters (lactones) is 1. The lowest BCUT2D eigenvalue weighted by Gasteiger charge is -2.05. The van der Waals surface area contributed by atoms with E-state index >= 15 is 0 Å². The second kappa shape index (κ2) is 5.18. The Morgan fingerprint density at radius 1 is 1.29 bits per heavy atom. The Hall–Kier alpha value is -2.40. The smallest absolute Gasteiger partial charge is 0.364 e. The Kier molecular flexibility index (Phi) is 3.35. The Morgan fingerprint density at radius 3 is 2.52 bits per heavy atom. The number of carbonyl (C=O) groups is 1. The average molecular weight is 304 g/mol. The van der Waals surface area contributed by atoms with Crippen LogP contribution in [-0.2, 0) is 9.53 Å². The molecule has 0 fully saturated rings. The molecule has 0 saturated carbocycles.